The van der Waals surface area contributed by atoms with Crippen molar-refractivity contribution in [3.63, 3.8) is 0 Å². The molecule has 0 aromatic heterocycles. The summed E-state index contributed by atoms with van der Waals surface area (Å²) in [5.74, 6) is -2.24. The second-order valence-electron chi connectivity index (χ2n) is 4.22. The molecule has 2 rings (SSSR count). The topological polar surface area (TPSA) is 70.6 Å². The van der Waals surface area contributed by atoms with Crippen molar-refractivity contribution in [3.05, 3.63) is 64.4 Å². The van der Waals surface area contributed by atoms with Crippen molar-refractivity contribution in [2.24, 2.45) is 5.10 Å². The molecular formula is C15H11BrFN3O2. The lowest BCUT2D eigenvalue weighted by molar-refractivity contribution is -0.136. The first kappa shape index (κ1) is 15.8. The van der Waals surface area contributed by atoms with Crippen LogP contribution in [0.25, 0.3) is 0 Å². The van der Waals surface area contributed by atoms with Gasteiger partial charge in [-0.3, -0.25) is 9.59 Å². The van der Waals surface area contributed by atoms with Gasteiger partial charge < -0.3 is 5.32 Å². The molecule has 0 aliphatic carbocycles. The minimum Gasteiger partial charge on any atom is -0.318 e. The van der Waals surface area contributed by atoms with E-state index < -0.39 is 17.6 Å². The molecule has 0 spiro atoms. The normalized spacial score (nSPS) is 10.5. The Bertz CT molecular complexity index is 717. The summed E-state index contributed by atoms with van der Waals surface area (Å²) < 4.78 is 13.6. The Morgan fingerprint density at radius 2 is 1.82 bits per heavy atom. The van der Waals surface area contributed by atoms with Crippen molar-refractivity contribution < 1.29 is 14.0 Å². The van der Waals surface area contributed by atoms with Crippen molar-refractivity contribution in [3.8, 4) is 0 Å². The summed E-state index contributed by atoms with van der Waals surface area (Å²) >= 11 is 3.31. The predicted octanol–water partition coefficient (Wildman–Crippen LogP) is 2.68. The summed E-state index contributed by atoms with van der Waals surface area (Å²) in [7, 11) is 0. The highest BCUT2D eigenvalue weighted by Crippen LogP contribution is 2.10. The van der Waals surface area contributed by atoms with Crippen LogP contribution in [0.4, 0.5) is 10.1 Å². The van der Waals surface area contributed by atoms with Crippen molar-refractivity contribution in [1.29, 1.82) is 0 Å². The Morgan fingerprint density at radius 1 is 1.09 bits per heavy atom. The fourth-order valence-electron chi connectivity index (χ4n) is 1.52. The van der Waals surface area contributed by atoms with Gasteiger partial charge in [0.1, 0.15) is 5.82 Å². The average molecular weight is 364 g/mol. The lowest BCUT2D eigenvalue weighted by atomic mass is 10.2. The smallest absolute Gasteiger partial charge is 0.318 e. The van der Waals surface area contributed by atoms with Crippen LogP contribution in [0.15, 0.2) is 58.1 Å². The quantitative estimate of drug-likeness (QED) is 0.500. The van der Waals surface area contributed by atoms with E-state index in [1.54, 1.807) is 12.1 Å². The molecule has 0 bridgehead atoms. The highest BCUT2D eigenvalue weighted by molar-refractivity contribution is 9.10. The third-order valence-electron chi connectivity index (χ3n) is 2.54. The SMILES string of the molecule is O=C(N/N=C\c1cccc(Br)c1)C(=O)Nc1ccc(F)cc1. The van der Waals surface area contributed by atoms with Gasteiger partial charge in [-0.05, 0) is 42.0 Å². The van der Waals surface area contributed by atoms with Crippen molar-refractivity contribution >= 4 is 39.6 Å². The lowest BCUT2D eigenvalue weighted by Gasteiger charge is -2.03. The number of carbonyl (C=O) groups is 2. The van der Waals surface area contributed by atoms with Crippen LogP contribution in [-0.4, -0.2) is 18.0 Å². The largest absolute Gasteiger partial charge is 0.329 e. The van der Waals surface area contributed by atoms with E-state index in [0.717, 1.165) is 10.0 Å². The van der Waals surface area contributed by atoms with Crippen LogP contribution in [0.5, 0.6) is 0 Å². The number of benzene rings is 2. The second kappa shape index (κ2) is 7.46. The Hall–Kier alpha value is -2.54. The number of hydrazone groups is 1. The molecule has 0 unspecified atom stereocenters. The van der Waals surface area contributed by atoms with Crippen LogP contribution in [0.2, 0.25) is 0 Å². The minimum atomic E-state index is -0.921. The van der Waals surface area contributed by atoms with Gasteiger partial charge in [0.2, 0.25) is 0 Å². The van der Waals surface area contributed by atoms with Crippen LogP contribution >= 0.6 is 15.9 Å². The highest BCUT2D eigenvalue weighted by atomic mass is 79.9. The van der Waals surface area contributed by atoms with Gasteiger partial charge in [0, 0.05) is 10.2 Å². The first-order chi connectivity index (χ1) is 10.5. The average Bonchev–Trinajstić information content (AvgIpc) is 2.49. The third-order valence-corrected chi connectivity index (χ3v) is 3.03. The first-order valence-corrected chi connectivity index (χ1v) is 6.99. The van der Waals surface area contributed by atoms with Crippen LogP contribution in [0.3, 0.4) is 0 Å². The number of anilines is 1. The van der Waals surface area contributed by atoms with Crippen molar-refractivity contribution in [2.75, 3.05) is 5.32 Å². The highest BCUT2D eigenvalue weighted by Gasteiger charge is 2.12. The molecule has 22 heavy (non-hydrogen) atoms. The van der Waals surface area contributed by atoms with E-state index in [2.05, 4.69) is 31.8 Å². The molecular weight excluding hydrogens is 353 g/mol. The molecule has 0 fully saturated rings. The van der Waals surface area contributed by atoms with Gasteiger partial charge in [-0.1, -0.05) is 28.1 Å². The molecule has 0 heterocycles. The maximum Gasteiger partial charge on any atom is 0.329 e. The van der Waals surface area contributed by atoms with Gasteiger partial charge in [-0.15, -0.1) is 0 Å². The van der Waals surface area contributed by atoms with Gasteiger partial charge >= 0.3 is 11.8 Å². The van der Waals surface area contributed by atoms with Gasteiger partial charge in [-0.25, -0.2) is 9.82 Å². The van der Waals surface area contributed by atoms with E-state index in [9.17, 15) is 14.0 Å². The molecule has 0 aliphatic rings. The number of hydrogen-bond donors (Lipinski definition) is 2. The fourth-order valence-corrected chi connectivity index (χ4v) is 1.94. The van der Waals surface area contributed by atoms with E-state index in [0.29, 0.717) is 5.69 Å². The maximum absolute atomic E-state index is 12.7. The maximum atomic E-state index is 12.7. The summed E-state index contributed by atoms with van der Waals surface area (Å²) in [5.41, 5.74) is 3.19. The molecule has 5 nitrogen and oxygen atoms in total. The molecule has 2 aromatic rings. The zero-order valence-electron chi connectivity index (χ0n) is 11.2. The van der Waals surface area contributed by atoms with E-state index >= 15 is 0 Å². The summed E-state index contributed by atoms with van der Waals surface area (Å²) in [6, 6.07) is 12.3. The Morgan fingerprint density at radius 3 is 2.50 bits per heavy atom. The predicted molar refractivity (Wildman–Crippen MR) is 84.9 cm³/mol. The zero-order valence-corrected chi connectivity index (χ0v) is 12.8. The van der Waals surface area contributed by atoms with Crippen molar-refractivity contribution in [2.45, 2.75) is 0 Å². The molecule has 0 radical (unpaired) electrons. The molecule has 0 aliphatic heterocycles. The standard InChI is InChI=1S/C15H11BrFN3O2/c16-11-3-1-2-10(8-11)9-18-20-15(22)14(21)19-13-6-4-12(17)5-7-13/h1-9H,(H,19,21)(H,20,22)/b18-9-. The van der Waals surface area contributed by atoms with E-state index in [1.165, 1.54) is 30.5 Å². The summed E-state index contributed by atoms with van der Waals surface area (Å²) in [4.78, 5) is 23.1. The number of halogens is 2. The molecule has 0 saturated carbocycles. The number of hydrogen-bond acceptors (Lipinski definition) is 3. The zero-order chi connectivity index (χ0) is 15.9. The van der Waals surface area contributed by atoms with Crippen LogP contribution in [0, 0.1) is 5.82 Å². The van der Waals surface area contributed by atoms with Gasteiger partial charge in [0.25, 0.3) is 0 Å². The summed E-state index contributed by atoms with van der Waals surface area (Å²) in [5, 5.41) is 6.02. The molecule has 2 N–H and O–H groups in total. The van der Waals surface area contributed by atoms with E-state index in [4.69, 9.17) is 0 Å². The fraction of sp³-hybridized carbons (Fsp3) is 0. The van der Waals surface area contributed by atoms with Gasteiger partial charge in [0.05, 0.1) is 6.21 Å². The number of carbonyl (C=O) groups excluding carboxylic acids is 2. The summed E-state index contributed by atoms with van der Waals surface area (Å²) in [6.45, 7) is 0. The summed E-state index contributed by atoms with van der Waals surface area (Å²) in [6.07, 6.45) is 1.41. The second-order valence-corrected chi connectivity index (χ2v) is 5.13. The third kappa shape index (κ3) is 4.78. The molecule has 2 aromatic carbocycles. The Labute approximate surface area is 134 Å². The molecule has 0 atom stereocenters. The molecule has 7 heteroatoms. The van der Waals surface area contributed by atoms with Crippen LogP contribution in [0.1, 0.15) is 5.56 Å². The van der Waals surface area contributed by atoms with Crippen molar-refractivity contribution in [1.82, 2.24) is 5.43 Å². The Balaban J connectivity index is 1.89. The number of rotatable bonds is 3. The molecule has 2 amide bonds. The minimum absolute atomic E-state index is 0.317. The molecule has 112 valence electrons. The Kier molecular flexibility index (Phi) is 5.37. The monoisotopic (exact) mass is 363 g/mol. The van der Waals surface area contributed by atoms with Gasteiger partial charge in [0.15, 0.2) is 0 Å². The first-order valence-electron chi connectivity index (χ1n) is 6.20. The molecule has 0 saturated heterocycles. The number of nitrogens with zero attached hydrogens (tertiary/aromatic N) is 1. The van der Waals surface area contributed by atoms with E-state index in [1.807, 2.05) is 12.1 Å². The lowest BCUT2D eigenvalue weighted by Crippen LogP contribution is -2.32. The number of amides is 2. The van der Waals surface area contributed by atoms with Crippen LogP contribution < -0.4 is 10.7 Å². The van der Waals surface area contributed by atoms with Gasteiger partial charge in [-0.2, -0.15) is 5.10 Å². The van der Waals surface area contributed by atoms with E-state index in [-0.39, 0.29) is 0 Å². The number of nitrogens with one attached hydrogen (secondary N) is 2. The van der Waals surface area contributed by atoms with Crippen LogP contribution in [-0.2, 0) is 9.59 Å².